The van der Waals surface area contributed by atoms with Crippen LogP contribution < -0.4 is 15.5 Å². The van der Waals surface area contributed by atoms with Gasteiger partial charge in [-0.15, -0.1) is 0 Å². The van der Waals surface area contributed by atoms with E-state index in [1.54, 1.807) is 13.0 Å². The van der Waals surface area contributed by atoms with Crippen LogP contribution in [-0.2, 0) is 4.79 Å². The Balaban J connectivity index is 1.93. The van der Waals surface area contributed by atoms with Crippen molar-refractivity contribution >= 4 is 17.3 Å². The minimum Gasteiger partial charge on any atom is -0.494 e. The Kier molecular flexibility index (Phi) is 6.11. The number of rotatable bonds is 6. The zero-order valence-corrected chi connectivity index (χ0v) is 14.8. The molecule has 0 atom stereocenters. The number of anilines is 1. The molecule has 0 bridgehead atoms. The van der Waals surface area contributed by atoms with Gasteiger partial charge in [0, 0.05) is 11.3 Å². The molecule has 25 heavy (non-hydrogen) atoms. The van der Waals surface area contributed by atoms with E-state index in [0.717, 1.165) is 11.3 Å². The third kappa shape index (κ3) is 5.04. The Morgan fingerprint density at radius 3 is 2.60 bits per heavy atom. The highest BCUT2D eigenvalue weighted by Crippen LogP contribution is 2.18. The van der Waals surface area contributed by atoms with Crippen molar-refractivity contribution in [2.24, 2.45) is 5.10 Å². The molecule has 0 aliphatic carbocycles. The molecule has 132 valence electrons. The molecule has 0 aliphatic heterocycles. The fourth-order valence-corrected chi connectivity index (χ4v) is 2.33. The summed E-state index contributed by atoms with van der Waals surface area (Å²) in [6, 6.07) is 10.5. The summed E-state index contributed by atoms with van der Waals surface area (Å²) in [7, 11) is 1.40. The first kappa shape index (κ1) is 18.4. The number of nitrogens with one attached hydrogen (secondary N) is 2. The van der Waals surface area contributed by atoms with Crippen LogP contribution in [0.25, 0.3) is 0 Å². The smallest absolute Gasteiger partial charge is 0.259 e. The largest absolute Gasteiger partial charge is 0.494 e. The van der Waals surface area contributed by atoms with E-state index in [1.807, 2.05) is 32.0 Å². The lowest BCUT2D eigenvalue weighted by molar-refractivity contribution is -0.119. The lowest BCUT2D eigenvalue weighted by Gasteiger charge is -2.10. The van der Waals surface area contributed by atoms with Crippen molar-refractivity contribution < 1.29 is 13.9 Å². The van der Waals surface area contributed by atoms with Crippen LogP contribution in [0.1, 0.15) is 23.6 Å². The monoisotopic (exact) mass is 343 g/mol. The van der Waals surface area contributed by atoms with Crippen LogP contribution in [0.4, 0.5) is 10.1 Å². The van der Waals surface area contributed by atoms with Crippen molar-refractivity contribution in [1.82, 2.24) is 5.43 Å². The second-order valence-corrected chi connectivity index (χ2v) is 5.75. The number of amides is 1. The molecule has 0 radical (unpaired) electrons. The summed E-state index contributed by atoms with van der Waals surface area (Å²) in [5.74, 6) is -0.594. The van der Waals surface area contributed by atoms with Crippen molar-refractivity contribution in [3.8, 4) is 5.75 Å². The van der Waals surface area contributed by atoms with E-state index >= 15 is 0 Å². The first-order valence-electron chi connectivity index (χ1n) is 7.89. The number of hydrogen-bond donors (Lipinski definition) is 2. The quantitative estimate of drug-likeness (QED) is 0.624. The summed E-state index contributed by atoms with van der Waals surface area (Å²) in [6.45, 7) is 5.79. The van der Waals surface area contributed by atoms with Gasteiger partial charge in [0.25, 0.3) is 5.91 Å². The van der Waals surface area contributed by atoms with Crippen molar-refractivity contribution in [3.05, 3.63) is 58.9 Å². The Morgan fingerprint density at radius 2 is 1.96 bits per heavy atom. The standard InChI is InChI=1S/C19H22FN3O2/c1-12-5-7-17(13(2)9-12)21-11-19(24)23-22-14(3)15-6-8-18(25-4)16(20)10-15/h5-10,21H,11H2,1-4H3,(H,23,24)/b22-14-. The van der Waals surface area contributed by atoms with E-state index in [1.165, 1.54) is 24.8 Å². The molecule has 0 heterocycles. The summed E-state index contributed by atoms with van der Waals surface area (Å²) in [5, 5.41) is 7.08. The number of hydrogen-bond acceptors (Lipinski definition) is 4. The molecule has 6 heteroatoms. The number of carbonyl (C=O) groups excluding carboxylic acids is 1. The Bertz CT molecular complexity index is 803. The van der Waals surface area contributed by atoms with Gasteiger partial charge in [-0.25, -0.2) is 9.82 Å². The molecule has 0 fully saturated rings. The predicted molar refractivity (Wildman–Crippen MR) is 97.7 cm³/mol. The van der Waals surface area contributed by atoms with Gasteiger partial charge in [-0.1, -0.05) is 17.7 Å². The topological polar surface area (TPSA) is 62.7 Å². The fourth-order valence-electron chi connectivity index (χ4n) is 2.33. The lowest BCUT2D eigenvalue weighted by Crippen LogP contribution is -2.27. The molecule has 2 aromatic rings. The molecule has 0 aliphatic rings. The average Bonchev–Trinajstić information content (AvgIpc) is 2.58. The second kappa shape index (κ2) is 8.28. The van der Waals surface area contributed by atoms with Gasteiger partial charge in [-0.05, 0) is 50.6 Å². The molecule has 2 aromatic carbocycles. The van der Waals surface area contributed by atoms with Crippen LogP contribution >= 0.6 is 0 Å². The SMILES string of the molecule is COc1ccc(/C(C)=N\NC(=O)CNc2ccc(C)cc2C)cc1F. The van der Waals surface area contributed by atoms with E-state index in [2.05, 4.69) is 15.8 Å². The highest BCUT2D eigenvalue weighted by Gasteiger charge is 2.07. The zero-order chi connectivity index (χ0) is 18.4. The van der Waals surface area contributed by atoms with Crippen molar-refractivity contribution in [1.29, 1.82) is 0 Å². The summed E-state index contributed by atoms with van der Waals surface area (Å²) in [4.78, 5) is 11.9. The predicted octanol–water partition coefficient (Wildman–Crippen LogP) is 3.40. The molecule has 2 rings (SSSR count). The fraction of sp³-hybridized carbons (Fsp3) is 0.263. The number of aryl methyl sites for hydroxylation is 2. The van der Waals surface area contributed by atoms with Gasteiger partial charge in [0.15, 0.2) is 11.6 Å². The number of halogens is 1. The van der Waals surface area contributed by atoms with Gasteiger partial charge >= 0.3 is 0 Å². The van der Waals surface area contributed by atoms with Crippen LogP contribution in [0.15, 0.2) is 41.5 Å². The molecule has 0 spiro atoms. The van der Waals surface area contributed by atoms with E-state index < -0.39 is 5.82 Å². The maximum atomic E-state index is 13.7. The Hall–Kier alpha value is -2.89. The second-order valence-electron chi connectivity index (χ2n) is 5.75. The maximum absolute atomic E-state index is 13.7. The molecular weight excluding hydrogens is 321 g/mol. The van der Waals surface area contributed by atoms with Crippen molar-refractivity contribution in [3.63, 3.8) is 0 Å². The van der Waals surface area contributed by atoms with E-state index in [9.17, 15) is 9.18 Å². The van der Waals surface area contributed by atoms with Crippen molar-refractivity contribution in [2.75, 3.05) is 19.0 Å². The molecular formula is C19H22FN3O2. The molecule has 5 nitrogen and oxygen atoms in total. The summed E-state index contributed by atoms with van der Waals surface area (Å²) in [6.07, 6.45) is 0. The third-order valence-corrected chi connectivity index (χ3v) is 3.74. The normalized spacial score (nSPS) is 11.2. The zero-order valence-electron chi connectivity index (χ0n) is 14.8. The number of carbonyl (C=O) groups is 1. The molecule has 0 saturated heterocycles. The summed E-state index contributed by atoms with van der Waals surface area (Å²) >= 11 is 0. The van der Waals surface area contributed by atoms with E-state index in [-0.39, 0.29) is 18.2 Å². The molecule has 0 saturated carbocycles. The van der Waals surface area contributed by atoms with Gasteiger partial charge in [0.05, 0.1) is 19.4 Å². The van der Waals surface area contributed by atoms with Gasteiger partial charge < -0.3 is 10.1 Å². The van der Waals surface area contributed by atoms with Gasteiger partial charge in [-0.2, -0.15) is 5.10 Å². The van der Waals surface area contributed by atoms with E-state index in [4.69, 9.17) is 4.74 Å². The number of methoxy groups -OCH3 is 1. The Morgan fingerprint density at radius 1 is 1.20 bits per heavy atom. The summed E-state index contributed by atoms with van der Waals surface area (Å²) < 4.78 is 18.6. The lowest BCUT2D eigenvalue weighted by atomic mass is 10.1. The van der Waals surface area contributed by atoms with Crippen LogP contribution in [0.5, 0.6) is 5.75 Å². The molecule has 2 N–H and O–H groups in total. The van der Waals surface area contributed by atoms with Crippen LogP contribution in [-0.4, -0.2) is 25.3 Å². The highest BCUT2D eigenvalue weighted by atomic mass is 19.1. The molecule has 0 unspecified atom stereocenters. The van der Waals surface area contributed by atoms with Gasteiger partial charge in [-0.3, -0.25) is 4.79 Å². The molecule has 1 amide bonds. The van der Waals surface area contributed by atoms with Crippen molar-refractivity contribution in [2.45, 2.75) is 20.8 Å². The molecule has 0 aromatic heterocycles. The number of hydrazone groups is 1. The van der Waals surface area contributed by atoms with E-state index in [0.29, 0.717) is 11.3 Å². The van der Waals surface area contributed by atoms with Crippen LogP contribution in [0, 0.1) is 19.7 Å². The van der Waals surface area contributed by atoms with Gasteiger partial charge in [0.2, 0.25) is 0 Å². The maximum Gasteiger partial charge on any atom is 0.259 e. The third-order valence-electron chi connectivity index (χ3n) is 3.74. The highest BCUT2D eigenvalue weighted by molar-refractivity contribution is 5.99. The number of benzene rings is 2. The van der Waals surface area contributed by atoms with Crippen LogP contribution in [0.3, 0.4) is 0 Å². The first-order chi connectivity index (χ1) is 11.9. The minimum absolute atomic E-state index is 0.0949. The number of nitrogens with zero attached hydrogens (tertiary/aromatic N) is 1. The first-order valence-corrected chi connectivity index (χ1v) is 7.89. The average molecular weight is 343 g/mol. The number of ether oxygens (including phenoxy) is 1. The minimum atomic E-state index is -0.475. The summed E-state index contributed by atoms with van der Waals surface area (Å²) in [5.41, 5.74) is 6.67. The van der Waals surface area contributed by atoms with Gasteiger partial charge in [0.1, 0.15) is 0 Å². The Labute approximate surface area is 146 Å². The van der Waals surface area contributed by atoms with Crippen LogP contribution in [0.2, 0.25) is 0 Å².